The van der Waals surface area contributed by atoms with Gasteiger partial charge in [0.25, 0.3) is 5.91 Å². The van der Waals surface area contributed by atoms with E-state index in [2.05, 4.69) is 15.3 Å². The van der Waals surface area contributed by atoms with Crippen molar-refractivity contribution in [3.8, 4) is 0 Å². The SMILES string of the molecule is C[C@H](NC(=O)c1cccc(CCC(C)(C)O)c1)c1nc2ccccc2[nH]1. The van der Waals surface area contributed by atoms with Crippen LogP contribution in [0.4, 0.5) is 0 Å². The maximum Gasteiger partial charge on any atom is 0.251 e. The van der Waals surface area contributed by atoms with Crippen molar-refractivity contribution < 1.29 is 9.90 Å². The van der Waals surface area contributed by atoms with Crippen molar-refractivity contribution >= 4 is 16.9 Å². The molecule has 0 radical (unpaired) electrons. The normalized spacial score (nSPS) is 12.9. The Hall–Kier alpha value is -2.66. The molecule has 1 aromatic heterocycles. The second kappa shape index (κ2) is 7.30. The first kappa shape index (κ1) is 18.1. The van der Waals surface area contributed by atoms with E-state index in [0.29, 0.717) is 12.0 Å². The number of fused-ring (bicyclic) bond motifs is 1. The van der Waals surface area contributed by atoms with E-state index < -0.39 is 5.60 Å². The lowest BCUT2D eigenvalue weighted by molar-refractivity contribution is 0.0714. The van der Waals surface area contributed by atoms with Gasteiger partial charge in [-0.15, -0.1) is 0 Å². The van der Waals surface area contributed by atoms with E-state index in [1.54, 1.807) is 19.9 Å². The van der Waals surface area contributed by atoms with Crippen LogP contribution in [-0.4, -0.2) is 26.6 Å². The van der Waals surface area contributed by atoms with Crippen molar-refractivity contribution in [2.45, 2.75) is 45.3 Å². The average molecular weight is 351 g/mol. The standard InChI is InChI=1S/C21H25N3O2/c1-14(19-23-17-9-4-5-10-18(17)24-19)22-20(25)16-8-6-7-15(13-16)11-12-21(2,3)26/h4-10,13-14,26H,11-12H2,1-3H3,(H,22,25)(H,23,24)/t14-/m0/s1. The average Bonchev–Trinajstić information content (AvgIpc) is 3.04. The largest absolute Gasteiger partial charge is 0.390 e. The molecule has 0 aliphatic rings. The van der Waals surface area contributed by atoms with Gasteiger partial charge in [0.1, 0.15) is 5.82 Å². The number of hydrogen-bond acceptors (Lipinski definition) is 3. The number of H-pyrrole nitrogens is 1. The first-order valence-corrected chi connectivity index (χ1v) is 8.89. The first-order chi connectivity index (χ1) is 12.3. The fourth-order valence-corrected chi connectivity index (χ4v) is 2.84. The lowest BCUT2D eigenvalue weighted by atomic mass is 9.98. The zero-order chi connectivity index (χ0) is 18.7. The summed E-state index contributed by atoms with van der Waals surface area (Å²) >= 11 is 0. The zero-order valence-electron chi connectivity index (χ0n) is 15.4. The molecule has 0 spiro atoms. The predicted octanol–water partition coefficient (Wildman–Crippen LogP) is 3.76. The number of benzene rings is 2. The lowest BCUT2D eigenvalue weighted by Crippen LogP contribution is -2.27. The van der Waals surface area contributed by atoms with Crippen molar-refractivity contribution in [3.63, 3.8) is 0 Å². The fourth-order valence-electron chi connectivity index (χ4n) is 2.84. The highest BCUT2D eigenvalue weighted by Crippen LogP contribution is 2.17. The number of aliphatic hydroxyl groups is 1. The number of amides is 1. The topological polar surface area (TPSA) is 78.0 Å². The Kier molecular flexibility index (Phi) is 5.09. The van der Waals surface area contributed by atoms with E-state index in [1.807, 2.05) is 49.4 Å². The Bertz CT molecular complexity index is 876. The fraction of sp³-hybridized carbons (Fsp3) is 0.333. The van der Waals surface area contributed by atoms with Gasteiger partial charge in [0, 0.05) is 5.56 Å². The molecule has 2 aromatic carbocycles. The van der Waals surface area contributed by atoms with E-state index in [4.69, 9.17) is 0 Å². The molecule has 1 atom stereocenters. The number of aromatic amines is 1. The number of para-hydroxylation sites is 2. The van der Waals surface area contributed by atoms with Crippen LogP contribution in [0, 0.1) is 0 Å². The molecule has 3 N–H and O–H groups in total. The molecule has 0 aliphatic heterocycles. The number of hydrogen-bond donors (Lipinski definition) is 3. The number of aromatic nitrogens is 2. The molecule has 26 heavy (non-hydrogen) atoms. The summed E-state index contributed by atoms with van der Waals surface area (Å²) in [6.45, 7) is 5.49. The second-order valence-corrected chi connectivity index (χ2v) is 7.35. The molecular formula is C21H25N3O2. The molecule has 1 amide bonds. The van der Waals surface area contributed by atoms with Crippen molar-refractivity contribution in [2.75, 3.05) is 0 Å². The van der Waals surface area contributed by atoms with E-state index in [-0.39, 0.29) is 11.9 Å². The smallest absolute Gasteiger partial charge is 0.251 e. The Morgan fingerprint density at radius 1 is 1.23 bits per heavy atom. The van der Waals surface area contributed by atoms with E-state index >= 15 is 0 Å². The molecule has 0 unspecified atom stereocenters. The molecule has 0 fully saturated rings. The van der Waals surface area contributed by atoms with Gasteiger partial charge in [0.05, 0.1) is 22.7 Å². The molecule has 0 aliphatic carbocycles. The summed E-state index contributed by atoms with van der Waals surface area (Å²) in [4.78, 5) is 20.4. The van der Waals surface area contributed by atoms with Gasteiger partial charge in [0.15, 0.2) is 0 Å². The van der Waals surface area contributed by atoms with Crippen LogP contribution in [0.15, 0.2) is 48.5 Å². The van der Waals surface area contributed by atoms with Crippen LogP contribution < -0.4 is 5.32 Å². The minimum atomic E-state index is -0.714. The third-order valence-corrected chi connectivity index (χ3v) is 4.38. The van der Waals surface area contributed by atoms with Crippen LogP contribution in [-0.2, 0) is 6.42 Å². The van der Waals surface area contributed by atoms with E-state index in [0.717, 1.165) is 28.8 Å². The van der Waals surface area contributed by atoms with Gasteiger partial charge in [-0.25, -0.2) is 4.98 Å². The number of nitrogens with zero attached hydrogens (tertiary/aromatic N) is 1. The zero-order valence-corrected chi connectivity index (χ0v) is 15.4. The van der Waals surface area contributed by atoms with E-state index in [9.17, 15) is 9.90 Å². The maximum atomic E-state index is 12.6. The molecule has 5 heteroatoms. The predicted molar refractivity (Wildman–Crippen MR) is 103 cm³/mol. The summed E-state index contributed by atoms with van der Waals surface area (Å²) in [5, 5.41) is 12.9. The Morgan fingerprint density at radius 2 is 2.00 bits per heavy atom. The molecule has 1 heterocycles. The summed E-state index contributed by atoms with van der Waals surface area (Å²) < 4.78 is 0. The Morgan fingerprint density at radius 3 is 2.73 bits per heavy atom. The van der Waals surface area contributed by atoms with E-state index in [1.165, 1.54) is 0 Å². The van der Waals surface area contributed by atoms with Gasteiger partial charge in [-0.05, 0) is 63.4 Å². The van der Waals surface area contributed by atoms with Crippen molar-refractivity contribution in [1.29, 1.82) is 0 Å². The van der Waals surface area contributed by atoms with Gasteiger partial charge in [-0.3, -0.25) is 4.79 Å². The maximum absolute atomic E-state index is 12.6. The molecule has 136 valence electrons. The Labute approximate surface area is 153 Å². The molecular weight excluding hydrogens is 326 g/mol. The van der Waals surface area contributed by atoms with Crippen LogP contribution >= 0.6 is 0 Å². The number of rotatable bonds is 6. The highest BCUT2D eigenvalue weighted by molar-refractivity contribution is 5.94. The summed E-state index contributed by atoms with van der Waals surface area (Å²) in [6.07, 6.45) is 1.37. The monoisotopic (exact) mass is 351 g/mol. The van der Waals surface area contributed by atoms with Crippen LogP contribution in [0.5, 0.6) is 0 Å². The van der Waals surface area contributed by atoms with Gasteiger partial charge in [-0.2, -0.15) is 0 Å². The molecule has 3 aromatic rings. The molecule has 0 bridgehead atoms. The third kappa shape index (κ3) is 4.49. The second-order valence-electron chi connectivity index (χ2n) is 7.35. The number of aryl methyl sites for hydroxylation is 1. The van der Waals surface area contributed by atoms with Crippen molar-refractivity contribution in [3.05, 3.63) is 65.5 Å². The quantitative estimate of drug-likeness (QED) is 0.633. The minimum Gasteiger partial charge on any atom is -0.390 e. The third-order valence-electron chi connectivity index (χ3n) is 4.38. The Balaban J connectivity index is 1.69. The van der Waals surface area contributed by atoms with Crippen molar-refractivity contribution in [2.24, 2.45) is 0 Å². The summed E-state index contributed by atoms with van der Waals surface area (Å²) in [5.41, 5.74) is 2.78. The molecule has 0 saturated heterocycles. The molecule has 0 saturated carbocycles. The summed E-state index contributed by atoms with van der Waals surface area (Å²) in [5.74, 6) is 0.598. The number of nitrogens with one attached hydrogen (secondary N) is 2. The highest BCUT2D eigenvalue weighted by atomic mass is 16.3. The van der Waals surface area contributed by atoms with Gasteiger partial charge >= 0.3 is 0 Å². The van der Waals surface area contributed by atoms with Crippen LogP contribution in [0.2, 0.25) is 0 Å². The van der Waals surface area contributed by atoms with Crippen LogP contribution in [0.25, 0.3) is 11.0 Å². The molecule has 3 rings (SSSR count). The number of imidazole rings is 1. The lowest BCUT2D eigenvalue weighted by Gasteiger charge is -2.17. The number of carbonyl (C=O) groups is 1. The summed E-state index contributed by atoms with van der Waals surface area (Å²) in [6, 6.07) is 15.1. The van der Waals surface area contributed by atoms with Gasteiger partial charge < -0.3 is 15.4 Å². The van der Waals surface area contributed by atoms with Crippen LogP contribution in [0.1, 0.15) is 55.0 Å². The van der Waals surface area contributed by atoms with Crippen LogP contribution in [0.3, 0.4) is 0 Å². The first-order valence-electron chi connectivity index (χ1n) is 8.89. The van der Waals surface area contributed by atoms with Crippen molar-refractivity contribution in [1.82, 2.24) is 15.3 Å². The minimum absolute atomic E-state index is 0.136. The summed E-state index contributed by atoms with van der Waals surface area (Å²) in [7, 11) is 0. The van der Waals surface area contributed by atoms with Gasteiger partial charge in [0.2, 0.25) is 0 Å². The molecule has 5 nitrogen and oxygen atoms in total. The van der Waals surface area contributed by atoms with Gasteiger partial charge in [-0.1, -0.05) is 24.3 Å². The highest BCUT2D eigenvalue weighted by Gasteiger charge is 2.16. The number of carbonyl (C=O) groups excluding carboxylic acids is 1.